The van der Waals surface area contributed by atoms with E-state index in [4.69, 9.17) is 4.55 Å². The van der Waals surface area contributed by atoms with Crippen LogP contribution in [0.25, 0.3) is 0 Å². The quantitative estimate of drug-likeness (QED) is 0.244. The van der Waals surface area contributed by atoms with Crippen LogP contribution in [0.3, 0.4) is 0 Å². The van der Waals surface area contributed by atoms with Gasteiger partial charge in [-0.25, -0.2) is 0 Å². The molecule has 0 amide bonds. The fourth-order valence-corrected chi connectivity index (χ4v) is 2.26. The van der Waals surface area contributed by atoms with E-state index < -0.39 is 42.2 Å². The summed E-state index contributed by atoms with van der Waals surface area (Å²) in [5, 5.41) is 9.90. The topological polar surface area (TPSA) is 112 Å². The molecule has 0 radical (unpaired) electrons. The second-order valence-corrected chi connectivity index (χ2v) is 3.85. The summed E-state index contributed by atoms with van der Waals surface area (Å²) in [7, 11) is -4.80. The van der Waals surface area contributed by atoms with Gasteiger partial charge in [0.2, 0.25) is 0 Å². The number of halogens is 1. The first-order valence-electron chi connectivity index (χ1n) is 2.04. The summed E-state index contributed by atoms with van der Waals surface area (Å²) >= 11 is -1.90. The van der Waals surface area contributed by atoms with Gasteiger partial charge >= 0.3 is 29.6 Å². The van der Waals surface area contributed by atoms with Gasteiger partial charge in [-0.05, 0) is 0 Å². The molecule has 0 aliphatic rings. The number of carbonyl (C=O) groups is 1. The van der Waals surface area contributed by atoms with E-state index in [-0.39, 0.29) is 29.6 Å². The number of carbonyl (C=O) groups excluding carboxylic acids is 1. The van der Waals surface area contributed by atoms with E-state index in [1.54, 1.807) is 0 Å². The Bertz CT molecular complexity index is 305. The Kier molecular flexibility index (Phi) is 7.77. The zero-order chi connectivity index (χ0) is 9.07. The molecule has 0 spiro atoms. The molecule has 0 rings (SSSR count). The summed E-state index contributed by atoms with van der Waals surface area (Å²) in [6.45, 7) is 0. The fraction of sp³-hybridized carbons (Fsp3) is 0. The van der Waals surface area contributed by atoms with Gasteiger partial charge in [-0.1, -0.05) is 0 Å². The third kappa shape index (κ3) is 5.32. The van der Waals surface area contributed by atoms with E-state index in [9.17, 15) is 21.4 Å². The van der Waals surface area contributed by atoms with Crippen LogP contribution in [0, 0.1) is 0 Å². The molecule has 6 nitrogen and oxygen atoms in total. The van der Waals surface area contributed by atoms with E-state index in [2.05, 4.69) is 0 Å². The van der Waals surface area contributed by atoms with Crippen molar-refractivity contribution in [1.29, 1.82) is 0 Å². The maximum Gasteiger partial charge on any atom is 1.00 e. The molecule has 0 unspecified atom stereocenters. The van der Waals surface area contributed by atoms with Crippen molar-refractivity contribution in [3.05, 3.63) is 8.99 Å². The number of carboxylic acid groups (broad SMARTS) is 1. The Morgan fingerprint density at radius 2 is 1.92 bits per heavy atom. The standard InChI is InChI=1S/C3H3IO6S.Na/c5-3(6)2(1-4-7)11(8,9)10;/h1H,(H,5,6)(H,8,9,10);/q;+1/p-1/b2-1-;. The Morgan fingerprint density at radius 1 is 1.50 bits per heavy atom. The second-order valence-electron chi connectivity index (χ2n) is 1.32. The van der Waals surface area contributed by atoms with Crippen LogP contribution in [-0.2, 0) is 18.0 Å². The molecule has 0 bridgehead atoms. The molecule has 0 saturated carbocycles. The molecule has 64 valence electrons. The molecule has 0 atom stereocenters. The monoisotopic (exact) mass is 316 g/mol. The predicted molar refractivity (Wildman–Crippen MR) is 39.3 cm³/mol. The fourth-order valence-electron chi connectivity index (χ4n) is 0.247. The summed E-state index contributed by atoms with van der Waals surface area (Å²) in [6, 6.07) is 0. The molecule has 0 fully saturated rings. The van der Waals surface area contributed by atoms with Crippen LogP contribution in [0.4, 0.5) is 0 Å². The van der Waals surface area contributed by atoms with Gasteiger partial charge in [0.1, 0.15) is 4.91 Å². The first-order valence-corrected chi connectivity index (χ1v) is 5.61. The van der Waals surface area contributed by atoms with E-state index in [1.807, 2.05) is 0 Å². The van der Waals surface area contributed by atoms with E-state index in [1.165, 1.54) is 0 Å². The molecule has 0 heterocycles. The molecule has 0 aromatic rings. The third-order valence-electron chi connectivity index (χ3n) is 0.623. The Labute approximate surface area is 101 Å². The minimum absolute atomic E-state index is 0. The van der Waals surface area contributed by atoms with Crippen LogP contribution in [0.2, 0.25) is 0 Å². The van der Waals surface area contributed by atoms with E-state index in [0.717, 1.165) is 0 Å². The zero-order valence-electron chi connectivity index (χ0n) is 5.85. The summed E-state index contributed by atoms with van der Waals surface area (Å²) in [5.74, 6) is -2.07. The predicted octanol–water partition coefficient (Wildman–Crippen LogP) is -4.21. The average molecular weight is 316 g/mol. The van der Waals surface area contributed by atoms with Crippen molar-refractivity contribution in [2.24, 2.45) is 0 Å². The Balaban J connectivity index is 0. The van der Waals surface area contributed by atoms with E-state index in [0.29, 0.717) is 4.08 Å². The number of carboxylic acids is 1. The molecule has 0 aliphatic carbocycles. The van der Waals surface area contributed by atoms with Gasteiger partial charge in [0, 0.05) is 4.08 Å². The van der Waals surface area contributed by atoms with Crippen LogP contribution < -0.4 is 34.7 Å². The third-order valence-corrected chi connectivity index (χ3v) is 2.76. The summed E-state index contributed by atoms with van der Waals surface area (Å²) in [6.07, 6.45) is 0. The average Bonchev–Trinajstić information content (AvgIpc) is 1.79. The first kappa shape index (κ1) is 15.1. The van der Waals surface area contributed by atoms with Gasteiger partial charge in [-0.2, -0.15) is 8.42 Å². The van der Waals surface area contributed by atoms with Gasteiger partial charge in [0.05, 0.1) is 5.97 Å². The molecule has 0 aromatic heterocycles. The maximum absolute atomic E-state index is 10.1. The molecule has 12 heavy (non-hydrogen) atoms. The molecular formula is C3H2INaO6S. The van der Waals surface area contributed by atoms with Crippen LogP contribution in [-0.4, -0.2) is 18.9 Å². The van der Waals surface area contributed by atoms with Crippen molar-refractivity contribution in [2.75, 3.05) is 0 Å². The van der Waals surface area contributed by atoms with Crippen LogP contribution in [0.1, 0.15) is 0 Å². The number of hydrogen-bond acceptors (Lipinski definition) is 5. The Morgan fingerprint density at radius 3 is 2.00 bits per heavy atom. The van der Waals surface area contributed by atoms with Gasteiger partial charge in [-0.15, -0.1) is 0 Å². The molecule has 1 N–H and O–H groups in total. The maximum atomic E-state index is 10.1. The molecule has 0 aromatic carbocycles. The Hall–Kier alpha value is 0.650. The van der Waals surface area contributed by atoms with Crippen molar-refractivity contribution < 1.29 is 55.5 Å². The molecule has 0 saturated heterocycles. The van der Waals surface area contributed by atoms with Gasteiger partial charge in [-0.3, -0.25) is 7.62 Å². The number of rotatable bonds is 3. The number of hydrogen-bond donors (Lipinski definition) is 1. The van der Waals surface area contributed by atoms with Crippen molar-refractivity contribution in [3.63, 3.8) is 0 Å². The number of aliphatic carboxylic acids is 1. The van der Waals surface area contributed by atoms with Crippen molar-refractivity contribution >= 4 is 37.3 Å². The summed E-state index contributed by atoms with van der Waals surface area (Å²) < 4.78 is 38.6. The van der Waals surface area contributed by atoms with Crippen LogP contribution >= 0.6 is 21.2 Å². The molecular weight excluding hydrogens is 314 g/mol. The van der Waals surface area contributed by atoms with Crippen LogP contribution in [0.15, 0.2) is 8.99 Å². The van der Waals surface area contributed by atoms with E-state index >= 15 is 0 Å². The SMILES string of the molecule is O=I/C=C(/C(=O)[O-])S(=O)(=O)O.[Na+]. The summed E-state index contributed by atoms with van der Waals surface area (Å²) in [4.78, 5) is 8.55. The molecule has 9 heteroatoms. The van der Waals surface area contributed by atoms with Gasteiger partial charge in [0.25, 0.3) is 10.1 Å². The largest absolute Gasteiger partial charge is 1.00 e. The smallest absolute Gasteiger partial charge is 0.544 e. The molecule has 0 aliphatic heterocycles. The van der Waals surface area contributed by atoms with Crippen molar-refractivity contribution in [2.45, 2.75) is 0 Å². The van der Waals surface area contributed by atoms with Gasteiger partial charge < -0.3 is 9.90 Å². The minimum atomic E-state index is -4.80. The van der Waals surface area contributed by atoms with Gasteiger partial charge in [0.15, 0.2) is 21.2 Å². The summed E-state index contributed by atoms with van der Waals surface area (Å²) in [5.41, 5.74) is 0. The van der Waals surface area contributed by atoms with Crippen molar-refractivity contribution in [1.82, 2.24) is 0 Å². The minimum Gasteiger partial charge on any atom is -0.544 e. The normalized spacial score (nSPS) is 11.9. The van der Waals surface area contributed by atoms with Crippen LogP contribution in [0.5, 0.6) is 0 Å². The zero-order valence-corrected chi connectivity index (χ0v) is 10.8. The van der Waals surface area contributed by atoms with Crippen molar-refractivity contribution in [3.8, 4) is 0 Å². The second kappa shape index (κ2) is 6.16. The first-order chi connectivity index (χ1) is 4.89.